The Balaban J connectivity index is 1.38. The molecule has 6 heteroatoms. The van der Waals surface area contributed by atoms with Gasteiger partial charge in [-0.3, -0.25) is 9.69 Å². The second-order valence-electron chi connectivity index (χ2n) is 7.08. The maximum Gasteiger partial charge on any atom is 0.261 e. The van der Waals surface area contributed by atoms with E-state index in [1.807, 2.05) is 54.6 Å². The number of carbonyl (C=O) groups is 1. The van der Waals surface area contributed by atoms with E-state index in [9.17, 15) is 4.79 Å². The minimum absolute atomic E-state index is 0.0774. The Hall–Kier alpha value is -2.28. The van der Waals surface area contributed by atoms with Gasteiger partial charge in [-0.1, -0.05) is 42.5 Å². The maximum atomic E-state index is 12.8. The molecule has 0 spiro atoms. The molecular weight excluding hydrogens is 370 g/mol. The van der Waals surface area contributed by atoms with Crippen molar-refractivity contribution in [3.05, 3.63) is 59.5 Å². The molecule has 4 rings (SSSR count). The van der Waals surface area contributed by atoms with Crippen molar-refractivity contribution in [2.45, 2.75) is 11.7 Å². The Morgan fingerprint density at radius 1 is 1.14 bits per heavy atom. The average molecular weight is 396 g/mol. The number of nitrogens with two attached hydrogens (primary N) is 1. The quantitative estimate of drug-likeness (QED) is 0.757. The molecule has 0 saturated carbocycles. The van der Waals surface area contributed by atoms with Crippen LogP contribution in [-0.4, -0.2) is 48.9 Å². The number of carbonyl (C=O) groups excluding carboxylic acids is 1. The van der Waals surface area contributed by atoms with Crippen LogP contribution in [0.15, 0.2) is 59.5 Å². The van der Waals surface area contributed by atoms with Crippen LogP contribution < -0.4 is 11.1 Å². The normalized spacial score (nSPS) is 20.0. The number of nitrogens with zero attached hydrogens (tertiary/aromatic N) is 1. The fraction of sp³-hybridized carbons (Fsp3) is 0.318. The molecule has 146 valence electrons. The maximum absolute atomic E-state index is 12.8. The van der Waals surface area contributed by atoms with Gasteiger partial charge in [-0.05, 0) is 29.7 Å². The summed E-state index contributed by atoms with van der Waals surface area (Å²) in [5.41, 5.74) is 9.46. The second-order valence-corrected chi connectivity index (χ2v) is 8.42. The highest BCUT2D eigenvalue weighted by Crippen LogP contribution is 2.35. The van der Waals surface area contributed by atoms with Crippen molar-refractivity contribution in [2.75, 3.05) is 43.9 Å². The fourth-order valence-electron chi connectivity index (χ4n) is 3.50. The summed E-state index contributed by atoms with van der Waals surface area (Å²) in [6.45, 7) is 4.54. The van der Waals surface area contributed by atoms with E-state index in [1.165, 1.54) is 0 Å². The molecule has 2 aliphatic heterocycles. The Labute approximate surface area is 169 Å². The first-order valence-corrected chi connectivity index (χ1v) is 10.5. The summed E-state index contributed by atoms with van der Waals surface area (Å²) in [7, 11) is 0. The van der Waals surface area contributed by atoms with Gasteiger partial charge in [0.2, 0.25) is 0 Å². The standard InChI is InChI=1S/C22H25N3O2S/c23-19-8-6-17(16-4-2-1-3-5-16)14-20(19)24-22(26)21-9-7-18(28-21)15-25-10-12-27-13-11-25/h1-6,8-9,14,18H,7,10-13,15,23H2,(H,24,26). The van der Waals surface area contributed by atoms with Crippen molar-refractivity contribution in [3.63, 3.8) is 0 Å². The van der Waals surface area contributed by atoms with Gasteiger partial charge in [-0.25, -0.2) is 0 Å². The summed E-state index contributed by atoms with van der Waals surface area (Å²) in [6, 6.07) is 15.8. The molecule has 2 heterocycles. The van der Waals surface area contributed by atoms with Crippen LogP contribution in [0.2, 0.25) is 0 Å². The molecule has 1 saturated heterocycles. The van der Waals surface area contributed by atoms with E-state index < -0.39 is 0 Å². The number of morpholine rings is 1. The van der Waals surface area contributed by atoms with Crippen LogP contribution in [0, 0.1) is 0 Å². The molecule has 28 heavy (non-hydrogen) atoms. The van der Waals surface area contributed by atoms with Gasteiger partial charge in [-0.2, -0.15) is 0 Å². The number of thioether (sulfide) groups is 1. The molecular formula is C22H25N3O2S. The lowest BCUT2D eigenvalue weighted by Crippen LogP contribution is -2.39. The Kier molecular flexibility index (Phi) is 6.00. The molecule has 1 amide bonds. The highest BCUT2D eigenvalue weighted by molar-refractivity contribution is 8.04. The molecule has 1 atom stereocenters. The average Bonchev–Trinajstić information content (AvgIpc) is 3.20. The second kappa shape index (κ2) is 8.82. The van der Waals surface area contributed by atoms with E-state index in [1.54, 1.807) is 11.8 Å². The third-order valence-corrected chi connectivity index (χ3v) is 6.34. The lowest BCUT2D eigenvalue weighted by Gasteiger charge is -2.28. The zero-order valence-electron chi connectivity index (χ0n) is 15.8. The molecule has 1 unspecified atom stereocenters. The Morgan fingerprint density at radius 2 is 1.93 bits per heavy atom. The Bertz CT molecular complexity index is 863. The number of amides is 1. The van der Waals surface area contributed by atoms with E-state index >= 15 is 0 Å². The highest BCUT2D eigenvalue weighted by Gasteiger charge is 2.25. The van der Waals surface area contributed by atoms with Crippen LogP contribution in [0.4, 0.5) is 11.4 Å². The lowest BCUT2D eigenvalue weighted by atomic mass is 10.0. The summed E-state index contributed by atoms with van der Waals surface area (Å²) in [6.07, 6.45) is 2.96. The van der Waals surface area contributed by atoms with Gasteiger partial charge in [0.1, 0.15) is 0 Å². The zero-order valence-corrected chi connectivity index (χ0v) is 16.6. The van der Waals surface area contributed by atoms with E-state index in [0.717, 1.165) is 55.3 Å². The number of benzene rings is 2. The fourth-order valence-corrected chi connectivity index (χ4v) is 4.69. The molecule has 3 N–H and O–H groups in total. The SMILES string of the molecule is Nc1ccc(-c2ccccc2)cc1NC(=O)C1=CCC(CN2CCOCC2)S1. The van der Waals surface area contributed by atoms with Crippen molar-refractivity contribution >= 4 is 29.0 Å². The van der Waals surface area contributed by atoms with E-state index in [4.69, 9.17) is 10.5 Å². The summed E-state index contributed by atoms with van der Waals surface area (Å²) >= 11 is 1.66. The predicted molar refractivity (Wildman–Crippen MR) is 116 cm³/mol. The Morgan fingerprint density at radius 3 is 2.71 bits per heavy atom. The van der Waals surface area contributed by atoms with Crippen LogP contribution in [-0.2, 0) is 9.53 Å². The van der Waals surface area contributed by atoms with Crippen molar-refractivity contribution in [1.29, 1.82) is 0 Å². The largest absolute Gasteiger partial charge is 0.397 e. The number of hydrogen-bond acceptors (Lipinski definition) is 5. The van der Waals surface area contributed by atoms with Gasteiger partial charge >= 0.3 is 0 Å². The molecule has 2 aliphatic rings. The van der Waals surface area contributed by atoms with Crippen molar-refractivity contribution < 1.29 is 9.53 Å². The molecule has 1 fully saturated rings. The van der Waals surface area contributed by atoms with E-state index in [-0.39, 0.29) is 5.91 Å². The van der Waals surface area contributed by atoms with Crippen LogP contribution in [0.5, 0.6) is 0 Å². The first-order chi connectivity index (χ1) is 13.7. The smallest absolute Gasteiger partial charge is 0.261 e. The first-order valence-electron chi connectivity index (χ1n) is 9.62. The molecule has 2 aromatic rings. The number of hydrogen-bond donors (Lipinski definition) is 2. The third-order valence-electron chi connectivity index (χ3n) is 5.06. The van der Waals surface area contributed by atoms with Gasteiger partial charge in [0.15, 0.2) is 0 Å². The van der Waals surface area contributed by atoms with Gasteiger partial charge < -0.3 is 15.8 Å². The molecule has 0 aromatic heterocycles. The summed E-state index contributed by atoms with van der Waals surface area (Å²) in [5, 5.41) is 3.42. The summed E-state index contributed by atoms with van der Waals surface area (Å²) in [5.74, 6) is -0.0774. The number of allylic oxidation sites excluding steroid dienone is 1. The number of ether oxygens (including phenoxy) is 1. The van der Waals surface area contributed by atoms with Gasteiger partial charge in [0, 0.05) is 24.9 Å². The zero-order chi connectivity index (χ0) is 19.3. The van der Waals surface area contributed by atoms with Crippen LogP contribution >= 0.6 is 11.8 Å². The number of nitrogens with one attached hydrogen (secondary N) is 1. The van der Waals surface area contributed by atoms with Gasteiger partial charge in [0.25, 0.3) is 5.91 Å². The third kappa shape index (κ3) is 4.58. The van der Waals surface area contributed by atoms with Crippen LogP contribution in [0.25, 0.3) is 11.1 Å². The number of rotatable bonds is 5. The van der Waals surface area contributed by atoms with Gasteiger partial charge in [-0.15, -0.1) is 11.8 Å². The van der Waals surface area contributed by atoms with Crippen molar-refractivity contribution in [3.8, 4) is 11.1 Å². The van der Waals surface area contributed by atoms with Crippen LogP contribution in [0.3, 0.4) is 0 Å². The van der Waals surface area contributed by atoms with E-state index in [2.05, 4.69) is 10.2 Å². The first kappa shape index (κ1) is 19.1. The van der Waals surface area contributed by atoms with Crippen molar-refractivity contribution in [2.24, 2.45) is 0 Å². The highest BCUT2D eigenvalue weighted by atomic mass is 32.2. The monoisotopic (exact) mass is 395 g/mol. The predicted octanol–water partition coefficient (Wildman–Crippen LogP) is 3.60. The number of anilines is 2. The lowest BCUT2D eigenvalue weighted by molar-refractivity contribution is -0.112. The minimum Gasteiger partial charge on any atom is -0.397 e. The molecule has 2 aromatic carbocycles. The molecule has 0 radical (unpaired) electrons. The summed E-state index contributed by atoms with van der Waals surface area (Å²) < 4.78 is 5.41. The molecule has 0 aliphatic carbocycles. The van der Waals surface area contributed by atoms with Gasteiger partial charge in [0.05, 0.1) is 29.5 Å². The number of nitrogen functional groups attached to an aromatic ring is 1. The van der Waals surface area contributed by atoms with Crippen LogP contribution in [0.1, 0.15) is 6.42 Å². The topological polar surface area (TPSA) is 67.6 Å². The van der Waals surface area contributed by atoms with E-state index in [0.29, 0.717) is 16.6 Å². The minimum atomic E-state index is -0.0774. The summed E-state index contributed by atoms with van der Waals surface area (Å²) in [4.78, 5) is 16.0. The molecule has 0 bridgehead atoms. The molecule has 5 nitrogen and oxygen atoms in total. The van der Waals surface area contributed by atoms with Crippen molar-refractivity contribution in [1.82, 2.24) is 4.90 Å².